The molecule has 2 atom stereocenters. The first kappa shape index (κ1) is 12.5. The minimum absolute atomic E-state index is 0.0551. The number of ether oxygens (including phenoxy) is 1. The van der Waals surface area contributed by atoms with Crippen molar-refractivity contribution < 1.29 is 4.74 Å². The van der Waals surface area contributed by atoms with Crippen LogP contribution in [0.4, 0.5) is 0 Å². The molecule has 0 fully saturated rings. The van der Waals surface area contributed by atoms with Gasteiger partial charge in [-0.1, -0.05) is 36.2 Å². The number of benzene rings is 1. The van der Waals surface area contributed by atoms with Gasteiger partial charge >= 0.3 is 0 Å². The molecule has 0 saturated heterocycles. The van der Waals surface area contributed by atoms with Gasteiger partial charge in [-0.15, -0.1) is 0 Å². The third-order valence-corrected chi connectivity index (χ3v) is 3.54. The number of methoxy groups -OCH3 is 1. The van der Waals surface area contributed by atoms with Crippen LogP contribution >= 0.6 is 15.9 Å². The zero-order chi connectivity index (χ0) is 11.4. The van der Waals surface area contributed by atoms with Crippen molar-refractivity contribution in [1.82, 2.24) is 0 Å². The van der Waals surface area contributed by atoms with Crippen LogP contribution in [-0.4, -0.2) is 7.11 Å². The van der Waals surface area contributed by atoms with Crippen molar-refractivity contribution in [2.24, 2.45) is 11.7 Å². The largest absolute Gasteiger partial charge is 0.497 e. The summed E-state index contributed by atoms with van der Waals surface area (Å²) >= 11 is 3.52. The van der Waals surface area contributed by atoms with Gasteiger partial charge in [0.1, 0.15) is 5.75 Å². The molecule has 1 aromatic carbocycles. The Morgan fingerprint density at radius 3 is 2.67 bits per heavy atom. The third kappa shape index (κ3) is 2.95. The Labute approximate surface area is 99.9 Å². The molecule has 0 aromatic heterocycles. The Morgan fingerprint density at radius 1 is 1.47 bits per heavy atom. The van der Waals surface area contributed by atoms with E-state index in [1.807, 2.05) is 18.2 Å². The maximum Gasteiger partial charge on any atom is 0.119 e. The van der Waals surface area contributed by atoms with E-state index in [1.54, 1.807) is 7.11 Å². The van der Waals surface area contributed by atoms with E-state index in [4.69, 9.17) is 10.5 Å². The number of rotatable bonds is 4. The van der Waals surface area contributed by atoms with Crippen molar-refractivity contribution in [2.75, 3.05) is 7.11 Å². The summed E-state index contributed by atoms with van der Waals surface area (Å²) in [7, 11) is 1.67. The fraction of sp³-hybridized carbons (Fsp3) is 0.500. The second-order valence-corrected chi connectivity index (χ2v) is 4.65. The molecule has 15 heavy (non-hydrogen) atoms. The average molecular weight is 272 g/mol. The van der Waals surface area contributed by atoms with Gasteiger partial charge in [0, 0.05) is 10.5 Å². The summed E-state index contributed by atoms with van der Waals surface area (Å²) in [5, 5.41) is 0. The summed E-state index contributed by atoms with van der Waals surface area (Å²) in [4.78, 5) is 0. The van der Waals surface area contributed by atoms with E-state index in [9.17, 15) is 0 Å². The van der Waals surface area contributed by atoms with Gasteiger partial charge < -0.3 is 10.5 Å². The monoisotopic (exact) mass is 271 g/mol. The molecule has 1 rings (SSSR count). The minimum atomic E-state index is 0.0551. The number of hydrogen-bond donors (Lipinski definition) is 1. The number of nitrogens with two attached hydrogens (primary N) is 1. The predicted molar refractivity (Wildman–Crippen MR) is 67.1 cm³/mol. The highest BCUT2D eigenvalue weighted by atomic mass is 79.9. The highest BCUT2D eigenvalue weighted by Crippen LogP contribution is 2.31. The maximum atomic E-state index is 6.19. The standard InChI is InChI=1S/C12H18BrNO/c1-4-8(2)12(14)10-7-9(15-3)5-6-11(10)13/h5-8,12H,4,14H2,1-3H3. The smallest absolute Gasteiger partial charge is 0.119 e. The van der Waals surface area contributed by atoms with Crippen LogP contribution in [0.3, 0.4) is 0 Å². The van der Waals surface area contributed by atoms with Crippen LogP contribution in [-0.2, 0) is 0 Å². The van der Waals surface area contributed by atoms with Gasteiger partial charge in [0.25, 0.3) is 0 Å². The van der Waals surface area contributed by atoms with Crippen LogP contribution < -0.4 is 10.5 Å². The van der Waals surface area contributed by atoms with Crippen molar-refractivity contribution >= 4 is 15.9 Å². The van der Waals surface area contributed by atoms with Gasteiger partial charge in [-0.3, -0.25) is 0 Å². The molecule has 3 heteroatoms. The van der Waals surface area contributed by atoms with Gasteiger partial charge in [-0.05, 0) is 29.7 Å². The second-order valence-electron chi connectivity index (χ2n) is 3.80. The first-order valence-corrected chi connectivity index (χ1v) is 5.98. The van der Waals surface area contributed by atoms with Crippen molar-refractivity contribution in [3.63, 3.8) is 0 Å². The van der Waals surface area contributed by atoms with Gasteiger partial charge in [0.15, 0.2) is 0 Å². The molecule has 2 nitrogen and oxygen atoms in total. The Morgan fingerprint density at radius 2 is 2.13 bits per heavy atom. The first-order chi connectivity index (χ1) is 7.10. The lowest BCUT2D eigenvalue weighted by Crippen LogP contribution is -2.19. The number of hydrogen-bond acceptors (Lipinski definition) is 2. The van der Waals surface area contributed by atoms with Crippen molar-refractivity contribution in [3.8, 4) is 5.75 Å². The van der Waals surface area contributed by atoms with Crippen LogP contribution in [0.5, 0.6) is 5.75 Å². The van der Waals surface area contributed by atoms with E-state index in [-0.39, 0.29) is 6.04 Å². The molecular formula is C12H18BrNO. The van der Waals surface area contributed by atoms with Crippen molar-refractivity contribution in [1.29, 1.82) is 0 Å². The minimum Gasteiger partial charge on any atom is -0.497 e. The van der Waals surface area contributed by atoms with E-state index in [1.165, 1.54) is 0 Å². The van der Waals surface area contributed by atoms with Crippen LogP contribution in [0.25, 0.3) is 0 Å². The zero-order valence-electron chi connectivity index (χ0n) is 9.46. The second kappa shape index (κ2) is 5.52. The van der Waals surface area contributed by atoms with Gasteiger partial charge in [-0.25, -0.2) is 0 Å². The summed E-state index contributed by atoms with van der Waals surface area (Å²) < 4.78 is 6.25. The molecule has 2 N–H and O–H groups in total. The molecule has 0 aliphatic heterocycles. The summed E-state index contributed by atoms with van der Waals surface area (Å²) in [5.41, 5.74) is 7.30. The average Bonchev–Trinajstić information content (AvgIpc) is 2.27. The van der Waals surface area contributed by atoms with Crippen LogP contribution in [0.1, 0.15) is 31.9 Å². The molecular weight excluding hydrogens is 254 g/mol. The Balaban J connectivity index is 3.01. The SMILES string of the molecule is CCC(C)C(N)c1cc(OC)ccc1Br. The lowest BCUT2D eigenvalue weighted by Gasteiger charge is -2.20. The first-order valence-electron chi connectivity index (χ1n) is 5.19. The molecule has 1 aromatic rings. The summed E-state index contributed by atoms with van der Waals surface area (Å²) in [6.45, 7) is 4.31. The van der Waals surface area contributed by atoms with Crippen LogP contribution in [0, 0.1) is 5.92 Å². The quantitative estimate of drug-likeness (QED) is 0.910. The molecule has 0 heterocycles. The molecule has 0 amide bonds. The fourth-order valence-corrected chi connectivity index (χ4v) is 1.98. The van der Waals surface area contributed by atoms with Crippen LogP contribution in [0.2, 0.25) is 0 Å². The fourth-order valence-electron chi connectivity index (χ4n) is 1.46. The summed E-state index contributed by atoms with van der Waals surface area (Å²) in [6, 6.07) is 5.97. The van der Waals surface area contributed by atoms with Gasteiger partial charge in [-0.2, -0.15) is 0 Å². The Kier molecular flexibility index (Phi) is 4.61. The van der Waals surface area contributed by atoms with Gasteiger partial charge in [0.05, 0.1) is 7.11 Å². The molecule has 0 bridgehead atoms. The van der Waals surface area contributed by atoms with Crippen molar-refractivity contribution in [2.45, 2.75) is 26.3 Å². The summed E-state index contributed by atoms with van der Waals surface area (Å²) in [5.74, 6) is 1.32. The normalized spacial score (nSPS) is 14.7. The molecule has 0 radical (unpaired) electrons. The number of halogens is 1. The van der Waals surface area contributed by atoms with Crippen molar-refractivity contribution in [3.05, 3.63) is 28.2 Å². The molecule has 0 aliphatic rings. The molecule has 0 aliphatic carbocycles. The van der Waals surface area contributed by atoms with Gasteiger partial charge in [0.2, 0.25) is 0 Å². The van der Waals surface area contributed by atoms with E-state index in [0.717, 1.165) is 22.2 Å². The highest BCUT2D eigenvalue weighted by Gasteiger charge is 2.16. The zero-order valence-corrected chi connectivity index (χ0v) is 11.0. The summed E-state index contributed by atoms with van der Waals surface area (Å²) in [6.07, 6.45) is 1.07. The maximum absolute atomic E-state index is 6.19. The Bertz CT molecular complexity index is 327. The molecule has 0 spiro atoms. The van der Waals surface area contributed by atoms with E-state index in [2.05, 4.69) is 29.8 Å². The van der Waals surface area contributed by atoms with E-state index in [0.29, 0.717) is 5.92 Å². The van der Waals surface area contributed by atoms with E-state index >= 15 is 0 Å². The third-order valence-electron chi connectivity index (χ3n) is 2.82. The predicted octanol–water partition coefficient (Wildman–Crippen LogP) is 3.50. The van der Waals surface area contributed by atoms with E-state index < -0.39 is 0 Å². The molecule has 2 unspecified atom stereocenters. The highest BCUT2D eigenvalue weighted by molar-refractivity contribution is 9.10. The lowest BCUT2D eigenvalue weighted by atomic mass is 9.93. The molecule has 84 valence electrons. The van der Waals surface area contributed by atoms with Crippen LogP contribution in [0.15, 0.2) is 22.7 Å². The Hall–Kier alpha value is -0.540. The molecule has 0 saturated carbocycles. The topological polar surface area (TPSA) is 35.2 Å². The lowest BCUT2D eigenvalue weighted by molar-refractivity contribution is 0.410.